The third-order valence-corrected chi connectivity index (χ3v) is 4.94. The number of rotatable bonds is 9. The van der Waals surface area contributed by atoms with Crippen LogP contribution in [0.4, 0.5) is 34.5 Å². The fraction of sp³-hybridized carbons (Fsp3) is 0.0769. The molecule has 1 aromatic heterocycles. The number of esters is 1. The van der Waals surface area contributed by atoms with Crippen LogP contribution in [0.25, 0.3) is 0 Å². The quantitative estimate of drug-likeness (QED) is 0.205. The van der Waals surface area contributed by atoms with Gasteiger partial charge in [-0.2, -0.15) is 4.98 Å². The van der Waals surface area contributed by atoms with Crippen LogP contribution < -0.4 is 16.0 Å². The first-order valence-electron chi connectivity index (χ1n) is 10.9. The van der Waals surface area contributed by atoms with Gasteiger partial charge in [0.2, 0.25) is 11.9 Å². The van der Waals surface area contributed by atoms with Gasteiger partial charge in [-0.1, -0.05) is 42.5 Å². The molecule has 1 amide bonds. The summed E-state index contributed by atoms with van der Waals surface area (Å²) in [5, 5.41) is 11.7. The summed E-state index contributed by atoms with van der Waals surface area (Å²) < 4.78 is 5.45. The van der Waals surface area contributed by atoms with E-state index in [1.165, 1.54) is 13.1 Å². The van der Waals surface area contributed by atoms with Crippen molar-refractivity contribution in [3.8, 4) is 0 Å². The number of amides is 1. The molecule has 0 saturated carbocycles. The summed E-state index contributed by atoms with van der Waals surface area (Å²) in [5.41, 5.74) is 2.80. The number of para-hydroxylation sites is 1. The molecule has 0 saturated heterocycles. The Bertz CT molecular complexity index is 1380. The first kappa shape index (κ1) is 24.0. The van der Waals surface area contributed by atoms with E-state index in [1.54, 1.807) is 48.5 Å². The second kappa shape index (κ2) is 11.3. The second-order valence-electron chi connectivity index (χ2n) is 7.63. The maximum absolute atomic E-state index is 12.8. The Balaban J connectivity index is 1.51. The third kappa shape index (κ3) is 6.26. The Morgan fingerprint density at radius 3 is 2.31 bits per heavy atom. The molecule has 0 spiro atoms. The summed E-state index contributed by atoms with van der Waals surface area (Å²) in [6.07, 6.45) is 1.27. The van der Waals surface area contributed by atoms with E-state index in [1.807, 2.05) is 30.3 Å². The summed E-state index contributed by atoms with van der Waals surface area (Å²) in [4.78, 5) is 43.8. The average molecular weight is 483 g/mol. The molecule has 0 atom stereocenters. The Hall–Kier alpha value is -5.12. The minimum absolute atomic E-state index is 0.0333. The number of anilines is 5. The van der Waals surface area contributed by atoms with Crippen molar-refractivity contribution in [2.24, 2.45) is 5.18 Å². The fourth-order valence-corrected chi connectivity index (χ4v) is 3.26. The van der Waals surface area contributed by atoms with Crippen LogP contribution in [0.5, 0.6) is 0 Å². The van der Waals surface area contributed by atoms with Crippen molar-refractivity contribution in [1.82, 2.24) is 9.97 Å². The molecule has 4 aromatic rings. The number of hydrogen-bond acceptors (Lipinski definition) is 9. The predicted octanol–water partition coefficient (Wildman–Crippen LogP) is 5.68. The fourth-order valence-electron chi connectivity index (χ4n) is 3.26. The highest BCUT2D eigenvalue weighted by Crippen LogP contribution is 2.29. The summed E-state index contributed by atoms with van der Waals surface area (Å²) in [6, 6.07) is 23.0. The van der Waals surface area contributed by atoms with Crippen LogP contribution in [0.15, 0.2) is 90.2 Å². The molecular formula is C26H22N6O4. The van der Waals surface area contributed by atoms with E-state index in [-0.39, 0.29) is 35.5 Å². The maximum Gasteiger partial charge on any atom is 0.340 e. The maximum atomic E-state index is 12.8. The van der Waals surface area contributed by atoms with Crippen LogP contribution in [0.1, 0.15) is 22.8 Å². The van der Waals surface area contributed by atoms with E-state index in [4.69, 9.17) is 4.74 Å². The minimum atomic E-state index is -0.533. The molecule has 0 aliphatic carbocycles. The van der Waals surface area contributed by atoms with E-state index >= 15 is 0 Å². The Labute approximate surface area is 206 Å². The number of carbonyl (C=O) groups is 2. The minimum Gasteiger partial charge on any atom is -0.457 e. The molecule has 0 bridgehead atoms. The molecule has 0 aliphatic rings. The van der Waals surface area contributed by atoms with Crippen molar-refractivity contribution in [3.05, 3.63) is 101 Å². The average Bonchev–Trinajstić information content (AvgIpc) is 2.89. The van der Waals surface area contributed by atoms with Crippen LogP contribution in [0, 0.1) is 4.91 Å². The van der Waals surface area contributed by atoms with Crippen LogP contribution in [-0.4, -0.2) is 21.8 Å². The van der Waals surface area contributed by atoms with Crippen LogP contribution in [0.2, 0.25) is 0 Å². The topological polar surface area (TPSA) is 135 Å². The van der Waals surface area contributed by atoms with Crippen molar-refractivity contribution in [2.45, 2.75) is 13.5 Å². The monoisotopic (exact) mass is 482 g/mol. The van der Waals surface area contributed by atoms with Gasteiger partial charge in [-0.05, 0) is 47.1 Å². The predicted molar refractivity (Wildman–Crippen MR) is 137 cm³/mol. The first-order valence-corrected chi connectivity index (χ1v) is 10.9. The van der Waals surface area contributed by atoms with E-state index < -0.39 is 5.97 Å². The van der Waals surface area contributed by atoms with E-state index in [0.717, 1.165) is 5.56 Å². The van der Waals surface area contributed by atoms with Crippen LogP contribution in [-0.2, 0) is 16.1 Å². The smallest absolute Gasteiger partial charge is 0.340 e. The molecule has 3 aromatic carbocycles. The third-order valence-electron chi connectivity index (χ3n) is 4.94. The standard InChI is InChI=1S/C26H22N6O4/c1-17(33)28-19-11-13-20(14-12-19)29-26-27-15-23(32-35)24(31-26)30-22-10-6-5-9-21(22)25(34)36-16-18-7-3-2-4-8-18/h2-15H,16H2,1H3,(H,28,33)(H2,27,29,30,31). The number of ether oxygens (including phenoxy) is 1. The van der Waals surface area contributed by atoms with Gasteiger partial charge in [-0.15, -0.1) is 4.91 Å². The lowest BCUT2D eigenvalue weighted by Gasteiger charge is -2.13. The number of nitrogens with one attached hydrogen (secondary N) is 3. The summed E-state index contributed by atoms with van der Waals surface area (Å²) in [6.45, 7) is 1.55. The zero-order chi connectivity index (χ0) is 25.3. The van der Waals surface area contributed by atoms with E-state index in [0.29, 0.717) is 17.1 Å². The zero-order valence-corrected chi connectivity index (χ0v) is 19.3. The van der Waals surface area contributed by atoms with Gasteiger partial charge in [0, 0.05) is 18.3 Å². The number of nitrogens with zero attached hydrogens (tertiary/aromatic N) is 3. The first-order chi connectivity index (χ1) is 17.5. The molecule has 10 nitrogen and oxygen atoms in total. The molecule has 10 heteroatoms. The van der Waals surface area contributed by atoms with Crippen molar-refractivity contribution in [3.63, 3.8) is 0 Å². The molecule has 0 radical (unpaired) electrons. The molecule has 36 heavy (non-hydrogen) atoms. The van der Waals surface area contributed by atoms with Gasteiger partial charge >= 0.3 is 5.97 Å². The lowest BCUT2D eigenvalue weighted by Crippen LogP contribution is -2.09. The molecule has 0 aliphatic heterocycles. The van der Waals surface area contributed by atoms with Gasteiger partial charge in [0.25, 0.3) is 0 Å². The van der Waals surface area contributed by atoms with Crippen LogP contribution in [0.3, 0.4) is 0 Å². The Morgan fingerprint density at radius 1 is 0.889 bits per heavy atom. The largest absolute Gasteiger partial charge is 0.457 e. The van der Waals surface area contributed by atoms with Crippen molar-refractivity contribution < 1.29 is 14.3 Å². The zero-order valence-electron chi connectivity index (χ0n) is 19.3. The Kier molecular flexibility index (Phi) is 7.57. The second-order valence-corrected chi connectivity index (χ2v) is 7.63. The van der Waals surface area contributed by atoms with Gasteiger partial charge < -0.3 is 20.7 Å². The summed E-state index contributed by atoms with van der Waals surface area (Å²) in [7, 11) is 0. The number of benzene rings is 3. The highest BCUT2D eigenvalue weighted by Gasteiger charge is 2.16. The lowest BCUT2D eigenvalue weighted by molar-refractivity contribution is -0.114. The molecular weight excluding hydrogens is 460 g/mol. The molecule has 4 rings (SSSR count). The molecule has 0 unspecified atom stereocenters. The summed E-state index contributed by atoms with van der Waals surface area (Å²) in [5.74, 6) is -0.396. The highest BCUT2D eigenvalue weighted by molar-refractivity contribution is 5.96. The van der Waals surface area contributed by atoms with Crippen molar-refractivity contribution >= 4 is 46.4 Å². The van der Waals surface area contributed by atoms with Crippen molar-refractivity contribution in [1.29, 1.82) is 0 Å². The van der Waals surface area contributed by atoms with Gasteiger partial charge in [0.15, 0.2) is 11.5 Å². The van der Waals surface area contributed by atoms with Crippen LogP contribution >= 0.6 is 0 Å². The number of carbonyl (C=O) groups excluding carboxylic acids is 2. The van der Waals surface area contributed by atoms with Gasteiger partial charge in [-0.3, -0.25) is 4.79 Å². The normalized spacial score (nSPS) is 10.2. The molecule has 0 fully saturated rings. The van der Waals surface area contributed by atoms with E-state index in [2.05, 4.69) is 31.1 Å². The SMILES string of the molecule is CC(=O)Nc1ccc(Nc2ncc(N=O)c(Nc3ccccc3C(=O)OCc3ccccc3)n2)cc1. The Morgan fingerprint density at radius 2 is 1.58 bits per heavy atom. The van der Waals surface area contributed by atoms with Gasteiger partial charge in [0.1, 0.15) is 6.61 Å². The molecule has 3 N–H and O–H groups in total. The molecule has 180 valence electrons. The number of aromatic nitrogens is 2. The number of hydrogen-bond donors (Lipinski definition) is 3. The van der Waals surface area contributed by atoms with E-state index in [9.17, 15) is 14.5 Å². The highest BCUT2D eigenvalue weighted by atomic mass is 16.5. The number of nitroso groups, excluding NO2 is 1. The summed E-state index contributed by atoms with van der Waals surface area (Å²) >= 11 is 0. The van der Waals surface area contributed by atoms with Gasteiger partial charge in [-0.25, -0.2) is 9.78 Å². The molecule has 1 heterocycles. The lowest BCUT2D eigenvalue weighted by atomic mass is 10.1. The van der Waals surface area contributed by atoms with Crippen molar-refractivity contribution in [2.75, 3.05) is 16.0 Å². The van der Waals surface area contributed by atoms with Gasteiger partial charge in [0.05, 0.1) is 17.4 Å².